The minimum atomic E-state index is -0.366. The van der Waals surface area contributed by atoms with Crippen LogP contribution in [0.3, 0.4) is 0 Å². The van der Waals surface area contributed by atoms with Crippen LogP contribution in [0.25, 0.3) is 0 Å². The van der Waals surface area contributed by atoms with E-state index in [1.807, 2.05) is 6.92 Å². The van der Waals surface area contributed by atoms with Crippen molar-refractivity contribution in [2.45, 2.75) is 26.3 Å². The van der Waals surface area contributed by atoms with Crippen LogP contribution in [0.1, 0.15) is 20.3 Å². The summed E-state index contributed by atoms with van der Waals surface area (Å²) < 4.78 is 4.80. The molecule has 0 spiro atoms. The molecule has 0 aliphatic rings. The first kappa shape index (κ1) is 15.9. The molecule has 0 fully saturated rings. The van der Waals surface area contributed by atoms with Gasteiger partial charge in [-0.2, -0.15) is 0 Å². The lowest BCUT2D eigenvalue weighted by atomic mass is 10.3. The van der Waals surface area contributed by atoms with Crippen LogP contribution in [0, 0.1) is 0 Å². The van der Waals surface area contributed by atoms with Crippen molar-refractivity contribution >= 4 is 11.8 Å². The van der Waals surface area contributed by atoms with E-state index in [9.17, 15) is 9.59 Å². The molecular weight excluding hydrogens is 222 g/mol. The largest absolute Gasteiger partial charge is 0.383 e. The van der Waals surface area contributed by atoms with Crippen LogP contribution >= 0.6 is 0 Å². The number of rotatable bonds is 9. The molecule has 100 valence electrons. The Morgan fingerprint density at radius 2 is 1.94 bits per heavy atom. The Bertz CT molecular complexity index is 234. The van der Waals surface area contributed by atoms with E-state index in [0.717, 1.165) is 6.42 Å². The molecule has 0 aromatic carbocycles. The Morgan fingerprint density at radius 1 is 1.24 bits per heavy atom. The maximum absolute atomic E-state index is 11.4. The molecule has 0 radical (unpaired) electrons. The highest BCUT2D eigenvalue weighted by molar-refractivity contribution is 5.83. The number of carbonyl (C=O) groups is 2. The summed E-state index contributed by atoms with van der Waals surface area (Å²) in [7, 11) is 1.57. The predicted molar refractivity (Wildman–Crippen MR) is 65.7 cm³/mol. The van der Waals surface area contributed by atoms with Crippen LogP contribution in [-0.2, 0) is 14.3 Å². The summed E-state index contributed by atoms with van der Waals surface area (Å²) in [6.45, 7) is 5.47. The van der Waals surface area contributed by atoms with E-state index in [1.165, 1.54) is 0 Å². The Labute approximate surface area is 102 Å². The zero-order chi connectivity index (χ0) is 13.1. The van der Waals surface area contributed by atoms with Crippen LogP contribution in [0.4, 0.5) is 0 Å². The van der Waals surface area contributed by atoms with E-state index in [1.54, 1.807) is 14.0 Å². The standard InChI is InChI=1S/C11H23N3O3/c1-4-5-13-11(16)9(2)14-8-10(15)12-6-7-17-3/h9,14H,4-8H2,1-3H3,(H,12,15)(H,13,16). The van der Waals surface area contributed by atoms with Gasteiger partial charge >= 0.3 is 0 Å². The summed E-state index contributed by atoms with van der Waals surface area (Å²) in [5.74, 6) is -0.228. The van der Waals surface area contributed by atoms with E-state index in [2.05, 4.69) is 16.0 Å². The summed E-state index contributed by atoms with van der Waals surface area (Å²) in [6, 6.07) is -0.366. The van der Waals surface area contributed by atoms with Crippen molar-refractivity contribution < 1.29 is 14.3 Å². The lowest BCUT2D eigenvalue weighted by Gasteiger charge is -2.13. The van der Waals surface area contributed by atoms with E-state index >= 15 is 0 Å². The second kappa shape index (κ2) is 10.0. The van der Waals surface area contributed by atoms with Gasteiger partial charge in [-0.25, -0.2) is 0 Å². The normalized spacial score (nSPS) is 11.9. The highest BCUT2D eigenvalue weighted by atomic mass is 16.5. The van der Waals surface area contributed by atoms with Crippen molar-refractivity contribution in [3.05, 3.63) is 0 Å². The molecule has 17 heavy (non-hydrogen) atoms. The third-order valence-corrected chi connectivity index (χ3v) is 2.14. The third-order valence-electron chi connectivity index (χ3n) is 2.14. The molecule has 6 nitrogen and oxygen atoms in total. The maximum Gasteiger partial charge on any atom is 0.236 e. The first-order valence-electron chi connectivity index (χ1n) is 5.88. The Balaban J connectivity index is 3.64. The molecular formula is C11H23N3O3. The van der Waals surface area contributed by atoms with Crippen LogP contribution in [0.2, 0.25) is 0 Å². The molecule has 0 rings (SSSR count). The zero-order valence-corrected chi connectivity index (χ0v) is 10.8. The van der Waals surface area contributed by atoms with E-state index in [4.69, 9.17) is 4.74 Å². The number of hydrogen-bond donors (Lipinski definition) is 3. The van der Waals surface area contributed by atoms with Crippen molar-refractivity contribution in [2.75, 3.05) is 33.4 Å². The number of nitrogens with one attached hydrogen (secondary N) is 3. The molecule has 0 heterocycles. The van der Waals surface area contributed by atoms with Gasteiger partial charge in [-0.05, 0) is 13.3 Å². The summed E-state index contributed by atoms with van der Waals surface area (Å²) in [5, 5.41) is 8.27. The fourth-order valence-electron chi connectivity index (χ4n) is 1.09. The van der Waals surface area contributed by atoms with Crippen molar-refractivity contribution in [1.29, 1.82) is 0 Å². The first-order valence-corrected chi connectivity index (χ1v) is 5.88. The summed E-state index contributed by atoms with van der Waals surface area (Å²) in [4.78, 5) is 22.7. The Hall–Kier alpha value is -1.14. The van der Waals surface area contributed by atoms with Crippen molar-refractivity contribution in [1.82, 2.24) is 16.0 Å². The van der Waals surface area contributed by atoms with Crippen LogP contribution in [0.15, 0.2) is 0 Å². The summed E-state index contributed by atoms with van der Waals surface area (Å²) in [5.41, 5.74) is 0. The average Bonchev–Trinajstić information content (AvgIpc) is 2.33. The minimum Gasteiger partial charge on any atom is -0.383 e. The van der Waals surface area contributed by atoms with Gasteiger partial charge in [0.25, 0.3) is 0 Å². The average molecular weight is 245 g/mol. The molecule has 0 aliphatic carbocycles. The number of carbonyl (C=O) groups excluding carboxylic acids is 2. The van der Waals surface area contributed by atoms with Crippen LogP contribution < -0.4 is 16.0 Å². The molecule has 0 bridgehead atoms. The molecule has 0 aromatic heterocycles. The topological polar surface area (TPSA) is 79.5 Å². The van der Waals surface area contributed by atoms with Gasteiger partial charge < -0.3 is 15.4 Å². The zero-order valence-electron chi connectivity index (χ0n) is 10.8. The van der Waals surface area contributed by atoms with Crippen molar-refractivity contribution in [2.24, 2.45) is 0 Å². The maximum atomic E-state index is 11.4. The minimum absolute atomic E-state index is 0.0865. The molecule has 0 aliphatic heterocycles. The van der Waals surface area contributed by atoms with Crippen molar-refractivity contribution in [3.8, 4) is 0 Å². The number of amides is 2. The number of ether oxygens (including phenoxy) is 1. The van der Waals surface area contributed by atoms with Gasteiger partial charge in [0.05, 0.1) is 19.2 Å². The van der Waals surface area contributed by atoms with E-state index in [0.29, 0.717) is 19.7 Å². The van der Waals surface area contributed by atoms with Gasteiger partial charge in [-0.1, -0.05) is 6.92 Å². The highest BCUT2D eigenvalue weighted by Gasteiger charge is 2.12. The molecule has 3 N–H and O–H groups in total. The first-order chi connectivity index (χ1) is 8.11. The van der Waals surface area contributed by atoms with Crippen molar-refractivity contribution in [3.63, 3.8) is 0 Å². The quantitative estimate of drug-likeness (QED) is 0.467. The fraction of sp³-hybridized carbons (Fsp3) is 0.818. The lowest BCUT2D eigenvalue weighted by molar-refractivity contribution is -0.123. The molecule has 6 heteroatoms. The number of hydrogen-bond acceptors (Lipinski definition) is 4. The van der Waals surface area contributed by atoms with E-state index in [-0.39, 0.29) is 24.4 Å². The second-order valence-corrected chi connectivity index (χ2v) is 3.74. The fourth-order valence-corrected chi connectivity index (χ4v) is 1.09. The van der Waals surface area contributed by atoms with Crippen LogP contribution in [0.5, 0.6) is 0 Å². The summed E-state index contributed by atoms with van der Waals surface area (Å²) in [6.07, 6.45) is 0.899. The van der Waals surface area contributed by atoms with Gasteiger partial charge in [0.2, 0.25) is 11.8 Å². The molecule has 0 saturated carbocycles. The monoisotopic (exact) mass is 245 g/mol. The number of methoxy groups -OCH3 is 1. The van der Waals surface area contributed by atoms with Gasteiger partial charge in [-0.3, -0.25) is 14.9 Å². The van der Waals surface area contributed by atoms with Gasteiger partial charge in [0.15, 0.2) is 0 Å². The Kier molecular flexibility index (Phi) is 9.37. The molecule has 1 unspecified atom stereocenters. The predicted octanol–water partition coefficient (Wildman–Crippen LogP) is -0.747. The molecule has 0 saturated heterocycles. The molecule has 1 atom stereocenters. The molecule has 0 aromatic rings. The SMILES string of the molecule is CCCNC(=O)C(C)NCC(=O)NCCOC. The smallest absolute Gasteiger partial charge is 0.236 e. The summed E-state index contributed by atoms with van der Waals surface area (Å²) >= 11 is 0. The second-order valence-electron chi connectivity index (χ2n) is 3.74. The molecule has 2 amide bonds. The van der Waals surface area contributed by atoms with Crippen LogP contribution in [-0.4, -0.2) is 51.2 Å². The van der Waals surface area contributed by atoms with Gasteiger partial charge in [0.1, 0.15) is 0 Å². The van der Waals surface area contributed by atoms with Gasteiger partial charge in [-0.15, -0.1) is 0 Å². The third kappa shape index (κ3) is 8.65. The highest BCUT2D eigenvalue weighted by Crippen LogP contribution is 1.82. The lowest BCUT2D eigenvalue weighted by Crippen LogP contribution is -2.46. The van der Waals surface area contributed by atoms with Gasteiger partial charge in [0, 0.05) is 20.2 Å². The Morgan fingerprint density at radius 3 is 2.53 bits per heavy atom. The van der Waals surface area contributed by atoms with E-state index < -0.39 is 0 Å².